The number of alkyl halides is 3. The Morgan fingerprint density at radius 2 is 1.86 bits per heavy atom. The lowest BCUT2D eigenvalue weighted by atomic mass is 9.95. The van der Waals surface area contributed by atoms with Crippen molar-refractivity contribution in [3.8, 4) is 11.3 Å². The molecule has 1 unspecified atom stereocenters. The predicted octanol–water partition coefficient (Wildman–Crippen LogP) is 5.05. The molecule has 2 heterocycles. The number of hydrogen-bond donors (Lipinski definition) is 1. The number of nitrogens with one attached hydrogen (secondary N) is 1. The second kappa shape index (κ2) is 6.82. The first-order valence-corrected chi connectivity index (χ1v) is 9.03. The van der Waals surface area contributed by atoms with Crippen molar-refractivity contribution in [2.75, 3.05) is 6.54 Å². The van der Waals surface area contributed by atoms with Gasteiger partial charge in [-0.2, -0.15) is 18.3 Å². The van der Waals surface area contributed by atoms with Gasteiger partial charge in [-0.3, -0.25) is 9.89 Å². The SMILES string of the molecule is CCCN1C(=O)c2[nH]nc(-c3ccccc3)c2C1c1cccc(C(F)(F)F)c1. The smallest absolute Gasteiger partial charge is 0.326 e. The van der Waals surface area contributed by atoms with Crippen LogP contribution in [0.4, 0.5) is 13.2 Å². The van der Waals surface area contributed by atoms with Crippen LogP contribution < -0.4 is 0 Å². The Balaban J connectivity index is 1.89. The van der Waals surface area contributed by atoms with Crippen LogP contribution in [0.3, 0.4) is 0 Å². The molecule has 1 atom stereocenters. The molecule has 4 nitrogen and oxygen atoms in total. The van der Waals surface area contributed by atoms with Gasteiger partial charge < -0.3 is 4.90 Å². The van der Waals surface area contributed by atoms with E-state index >= 15 is 0 Å². The van der Waals surface area contributed by atoms with E-state index in [2.05, 4.69) is 10.2 Å². The summed E-state index contributed by atoms with van der Waals surface area (Å²) in [6.07, 6.45) is -3.75. The molecule has 28 heavy (non-hydrogen) atoms. The number of halogens is 3. The fourth-order valence-corrected chi connectivity index (χ4v) is 3.72. The summed E-state index contributed by atoms with van der Waals surface area (Å²) in [5.74, 6) is -0.242. The van der Waals surface area contributed by atoms with Gasteiger partial charge in [0.1, 0.15) is 5.69 Å². The number of carbonyl (C=O) groups is 1. The van der Waals surface area contributed by atoms with Crippen LogP contribution in [0.5, 0.6) is 0 Å². The lowest BCUT2D eigenvalue weighted by molar-refractivity contribution is -0.137. The van der Waals surface area contributed by atoms with Gasteiger partial charge in [0, 0.05) is 17.7 Å². The maximum absolute atomic E-state index is 13.3. The van der Waals surface area contributed by atoms with Crippen molar-refractivity contribution in [1.82, 2.24) is 15.1 Å². The standard InChI is InChI=1S/C21H18F3N3O/c1-2-11-27-19(14-9-6-10-15(12-14)21(22,23)24)16-17(13-7-4-3-5-8-13)25-26-18(16)20(27)28/h3-10,12,19H,2,11H2,1H3,(H,25,26). The minimum Gasteiger partial charge on any atom is -0.326 e. The normalized spacial score (nSPS) is 16.5. The Bertz CT molecular complexity index is 1010. The van der Waals surface area contributed by atoms with Crippen LogP contribution in [0.1, 0.15) is 46.6 Å². The molecular formula is C21H18F3N3O. The van der Waals surface area contributed by atoms with Crippen molar-refractivity contribution in [1.29, 1.82) is 0 Å². The van der Waals surface area contributed by atoms with Gasteiger partial charge in [0.05, 0.1) is 17.3 Å². The van der Waals surface area contributed by atoms with E-state index < -0.39 is 17.8 Å². The van der Waals surface area contributed by atoms with E-state index in [9.17, 15) is 18.0 Å². The number of carbonyl (C=O) groups excluding carboxylic acids is 1. The molecule has 2 aromatic carbocycles. The summed E-state index contributed by atoms with van der Waals surface area (Å²) in [7, 11) is 0. The summed E-state index contributed by atoms with van der Waals surface area (Å²) in [6, 6.07) is 13.9. The summed E-state index contributed by atoms with van der Waals surface area (Å²) >= 11 is 0. The minimum absolute atomic E-state index is 0.242. The Hall–Kier alpha value is -3.09. The molecular weight excluding hydrogens is 367 g/mol. The lowest BCUT2D eigenvalue weighted by Gasteiger charge is -2.26. The zero-order chi connectivity index (χ0) is 19.9. The first-order valence-electron chi connectivity index (χ1n) is 9.03. The number of aromatic nitrogens is 2. The van der Waals surface area contributed by atoms with E-state index in [1.807, 2.05) is 37.3 Å². The summed E-state index contributed by atoms with van der Waals surface area (Å²) in [6.45, 7) is 2.37. The topological polar surface area (TPSA) is 49.0 Å². The van der Waals surface area contributed by atoms with Gasteiger partial charge in [-0.15, -0.1) is 0 Å². The number of rotatable bonds is 4. The molecule has 0 fully saturated rings. The molecule has 0 bridgehead atoms. The molecule has 0 saturated carbocycles. The number of hydrogen-bond acceptors (Lipinski definition) is 2. The maximum Gasteiger partial charge on any atom is 0.416 e. The molecule has 144 valence electrons. The molecule has 0 saturated heterocycles. The van der Waals surface area contributed by atoms with Crippen molar-refractivity contribution < 1.29 is 18.0 Å². The van der Waals surface area contributed by atoms with Gasteiger partial charge in [0.25, 0.3) is 5.91 Å². The van der Waals surface area contributed by atoms with Crippen LogP contribution in [0, 0.1) is 0 Å². The van der Waals surface area contributed by atoms with Gasteiger partial charge in [0.2, 0.25) is 0 Å². The molecule has 3 aromatic rings. The zero-order valence-corrected chi connectivity index (χ0v) is 15.1. The number of benzene rings is 2. The van der Waals surface area contributed by atoms with E-state index in [1.54, 1.807) is 11.0 Å². The largest absolute Gasteiger partial charge is 0.416 e. The number of aromatic amines is 1. The Kier molecular flexibility index (Phi) is 4.45. The van der Waals surface area contributed by atoms with Crippen LogP contribution >= 0.6 is 0 Å². The van der Waals surface area contributed by atoms with E-state index in [0.717, 1.165) is 17.7 Å². The van der Waals surface area contributed by atoms with Gasteiger partial charge in [-0.25, -0.2) is 0 Å². The summed E-state index contributed by atoms with van der Waals surface area (Å²) in [4.78, 5) is 14.5. The fraction of sp³-hybridized carbons (Fsp3) is 0.238. The van der Waals surface area contributed by atoms with Crippen molar-refractivity contribution in [2.45, 2.75) is 25.6 Å². The molecule has 7 heteroatoms. The molecule has 0 radical (unpaired) electrons. The number of H-pyrrole nitrogens is 1. The van der Waals surface area contributed by atoms with Crippen LogP contribution in [-0.4, -0.2) is 27.5 Å². The summed E-state index contributed by atoms with van der Waals surface area (Å²) in [5.41, 5.74) is 2.06. The molecule has 1 amide bonds. The van der Waals surface area contributed by atoms with Gasteiger partial charge in [0.15, 0.2) is 0 Å². The third-order valence-corrected chi connectivity index (χ3v) is 4.91. The second-order valence-corrected chi connectivity index (χ2v) is 6.75. The highest BCUT2D eigenvalue weighted by Crippen LogP contribution is 2.43. The fourth-order valence-electron chi connectivity index (χ4n) is 3.72. The molecule has 4 rings (SSSR count). The first kappa shape index (κ1) is 18.3. The number of fused-ring (bicyclic) bond motifs is 1. The van der Waals surface area contributed by atoms with Crippen LogP contribution in [-0.2, 0) is 6.18 Å². The van der Waals surface area contributed by atoms with E-state index in [0.29, 0.717) is 35.5 Å². The maximum atomic E-state index is 13.3. The monoisotopic (exact) mass is 385 g/mol. The van der Waals surface area contributed by atoms with Crippen molar-refractivity contribution in [3.63, 3.8) is 0 Å². The van der Waals surface area contributed by atoms with Crippen LogP contribution in [0.2, 0.25) is 0 Å². The molecule has 0 aliphatic carbocycles. The van der Waals surface area contributed by atoms with E-state index in [-0.39, 0.29) is 5.91 Å². The number of nitrogens with zero attached hydrogens (tertiary/aromatic N) is 2. The third-order valence-electron chi connectivity index (χ3n) is 4.91. The highest BCUT2D eigenvalue weighted by Gasteiger charge is 2.42. The second-order valence-electron chi connectivity index (χ2n) is 6.75. The molecule has 1 aliphatic rings. The zero-order valence-electron chi connectivity index (χ0n) is 15.1. The van der Waals surface area contributed by atoms with Crippen molar-refractivity contribution in [2.24, 2.45) is 0 Å². The molecule has 0 spiro atoms. The Morgan fingerprint density at radius 1 is 1.11 bits per heavy atom. The Morgan fingerprint density at radius 3 is 2.54 bits per heavy atom. The summed E-state index contributed by atoms with van der Waals surface area (Å²) in [5, 5.41) is 7.11. The third kappa shape index (κ3) is 2.96. The van der Waals surface area contributed by atoms with Crippen LogP contribution in [0.15, 0.2) is 54.6 Å². The average Bonchev–Trinajstić information content (AvgIpc) is 3.22. The first-order chi connectivity index (χ1) is 13.4. The average molecular weight is 385 g/mol. The molecule has 1 aliphatic heterocycles. The van der Waals surface area contributed by atoms with Crippen molar-refractivity contribution in [3.05, 3.63) is 77.0 Å². The van der Waals surface area contributed by atoms with Gasteiger partial charge >= 0.3 is 6.18 Å². The molecule has 1 aromatic heterocycles. The van der Waals surface area contributed by atoms with Crippen molar-refractivity contribution >= 4 is 5.91 Å². The van der Waals surface area contributed by atoms with E-state index in [1.165, 1.54) is 6.07 Å². The minimum atomic E-state index is -4.45. The summed E-state index contributed by atoms with van der Waals surface area (Å²) < 4.78 is 39.8. The highest BCUT2D eigenvalue weighted by atomic mass is 19.4. The highest BCUT2D eigenvalue weighted by molar-refractivity contribution is 6.00. The van der Waals surface area contributed by atoms with Crippen LogP contribution in [0.25, 0.3) is 11.3 Å². The molecule has 1 N–H and O–H groups in total. The lowest BCUT2D eigenvalue weighted by Crippen LogP contribution is -2.30. The number of amides is 1. The predicted molar refractivity (Wildman–Crippen MR) is 98.6 cm³/mol. The van der Waals surface area contributed by atoms with E-state index in [4.69, 9.17) is 0 Å². The van der Waals surface area contributed by atoms with Gasteiger partial charge in [-0.05, 0) is 24.1 Å². The van der Waals surface area contributed by atoms with Gasteiger partial charge in [-0.1, -0.05) is 49.4 Å². The quantitative estimate of drug-likeness (QED) is 0.683. The Labute approximate surface area is 160 Å².